The first-order valence-electron chi connectivity index (χ1n) is 4.53. The first-order valence-corrected chi connectivity index (χ1v) is 6.59. The van der Waals surface area contributed by atoms with Gasteiger partial charge in [-0.15, -0.1) is 0 Å². The van der Waals surface area contributed by atoms with Gasteiger partial charge in [-0.05, 0) is 20.3 Å². The monoisotopic (exact) mass is 222 g/mol. The van der Waals surface area contributed by atoms with Crippen molar-refractivity contribution in [3.05, 3.63) is 0 Å². The van der Waals surface area contributed by atoms with Crippen LogP contribution in [0.15, 0.2) is 0 Å². The van der Waals surface area contributed by atoms with E-state index in [1.165, 1.54) is 6.26 Å². The molecule has 14 heavy (non-hydrogen) atoms. The minimum atomic E-state index is -2.92. The van der Waals surface area contributed by atoms with Gasteiger partial charge in [0.15, 0.2) is 0 Å². The lowest BCUT2D eigenvalue weighted by atomic mass is 10.4. The zero-order valence-electron chi connectivity index (χ0n) is 8.83. The molecule has 0 aliphatic carbocycles. The second-order valence-electron chi connectivity index (χ2n) is 3.54. The summed E-state index contributed by atoms with van der Waals surface area (Å²) in [7, 11) is -2.92. The topological polar surface area (TPSA) is 75.3 Å². The molecule has 0 radical (unpaired) electrons. The molecule has 0 fully saturated rings. The minimum Gasteiger partial charge on any atom is -0.338 e. The maximum atomic E-state index is 11.0. The van der Waals surface area contributed by atoms with Gasteiger partial charge in [-0.3, -0.25) is 0 Å². The van der Waals surface area contributed by atoms with Crippen LogP contribution in [0.25, 0.3) is 0 Å². The van der Waals surface area contributed by atoms with Gasteiger partial charge in [-0.1, -0.05) is 0 Å². The first kappa shape index (κ1) is 13.2. The highest BCUT2D eigenvalue weighted by atomic mass is 32.2. The van der Waals surface area contributed by atoms with E-state index in [1.54, 1.807) is 0 Å². The average Bonchev–Trinajstić information content (AvgIpc) is 1.95. The predicted molar refractivity (Wildman–Crippen MR) is 56.0 cm³/mol. The van der Waals surface area contributed by atoms with Gasteiger partial charge in [-0.2, -0.15) is 0 Å². The highest BCUT2D eigenvalue weighted by Crippen LogP contribution is 1.87. The summed E-state index contributed by atoms with van der Waals surface area (Å²) >= 11 is 0. The van der Waals surface area contributed by atoms with E-state index in [1.807, 2.05) is 13.8 Å². The largest absolute Gasteiger partial charge is 0.338 e. The number of sulfone groups is 1. The minimum absolute atomic E-state index is 0.0879. The molecule has 0 aromatic heterocycles. The Morgan fingerprint density at radius 1 is 1.36 bits per heavy atom. The molecule has 2 amide bonds. The SMILES string of the molecule is CC(C)NC(=O)NCCCS(C)(=O)=O. The van der Waals surface area contributed by atoms with Crippen LogP contribution in [0, 0.1) is 0 Å². The van der Waals surface area contributed by atoms with Gasteiger partial charge in [-0.25, -0.2) is 13.2 Å². The van der Waals surface area contributed by atoms with Crippen LogP contribution in [0.1, 0.15) is 20.3 Å². The van der Waals surface area contributed by atoms with Gasteiger partial charge in [0, 0.05) is 18.8 Å². The Kier molecular flexibility index (Phi) is 5.52. The summed E-state index contributed by atoms with van der Waals surface area (Å²) in [5, 5.41) is 5.21. The number of nitrogens with one attached hydrogen (secondary N) is 2. The molecule has 2 N–H and O–H groups in total. The Hall–Kier alpha value is -0.780. The first-order chi connectivity index (χ1) is 6.31. The average molecular weight is 222 g/mol. The van der Waals surface area contributed by atoms with Crippen molar-refractivity contribution in [1.82, 2.24) is 10.6 Å². The fraction of sp³-hybridized carbons (Fsp3) is 0.875. The number of carbonyl (C=O) groups is 1. The lowest BCUT2D eigenvalue weighted by Crippen LogP contribution is -2.40. The van der Waals surface area contributed by atoms with Crippen molar-refractivity contribution < 1.29 is 13.2 Å². The molecule has 5 nitrogen and oxygen atoms in total. The highest BCUT2D eigenvalue weighted by Gasteiger charge is 2.03. The Balaban J connectivity index is 3.51. The molecular weight excluding hydrogens is 204 g/mol. The normalized spacial score (nSPS) is 11.4. The van der Waals surface area contributed by atoms with E-state index in [0.29, 0.717) is 13.0 Å². The van der Waals surface area contributed by atoms with Crippen LogP contribution < -0.4 is 10.6 Å². The molecule has 0 spiro atoms. The molecule has 6 heteroatoms. The third kappa shape index (κ3) is 9.31. The van der Waals surface area contributed by atoms with Gasteiger partial charge in [0.2, 0.25) is 0 Å². The van der Waals surface area contributed by atoms with Crippen LogP contribution in [0.4, 0.5) is 4.79 Å². The third-order valence-corrected chi connectivity index (χ3v) is 2.43. The Labute approximate surface area is 85.2 Å². The number of carbonyl (C=O) groups excluding carboxylic acids is 1. The molecule has 0 saturated heterocycles. The fourth-order valence-electron chi connectivity index (χ4n) is 0.849. The Morgan fingerprint density at radius 3 is 2.36 bits per heavy atom. The van der Waals surface area contributed by atoms with Gasteiger partial charge >= 0.3 is 6.03 Å². The van der Waals surface area contributed by atoms with Crippen LogP contribution in [-0.4, -0.2) is 39.0 Å². The van der Waals surface area contributed by atoms with Crippen LogP contribution in [0.3, 0.4) is 0 Å². The molecule has 0 unspecified atom stereocenters. The van der Waals surface area contributed by atoms with Crippen LogP contribution in [0.2, 0.25) is 0 Å². The van der Waals surface area contributed by atoms with Crippen molar-refractivity contribution in [3.63, 3.8) is 0 Å². The summed E-state index contributed by atoms with van der Waals surface area (Å²) in [6.45, 7) is 4.10. The van der Waals surface area contributed by atoms with Crippen molar-refractivity contribution in [1.29, 1.82) is 0 Å². The van der Waals surface area contributed by atoms with E-state index in [2.05, 4.69) is 10.6 Å². The molecule has 0 atom stereocenters. The molecule has 0 aliphatic rings. The lowest BCUT2D eigenvalue weighted by Gasteiger charge is -2.09. The smallest absolute Gasteiger partial charge is 0.314 e. The number of amides is 2. The van der Waals surface area contributed by atoms with E-state index >= 15 is 0 Å². The molecule has 84 valence electrons. The van der Waals surface area contributed by atoms with E-state index in [-0.39, 0.29) is 17.8 Å². The second kappa shape index (κ2) is 5.85. The summed E-state index contributed by atoms with van der Waals surface area (Å²) in [4.78, 5) is 11.0. The molecule has 0 heterocycles. The van der Waals surface area contributed by atoms with Crippen molar-refractivity contribution >= 4 is 15.9 Å². The van der Waals surface area contributed by atoms with Crippen molar-refractivity contribution in [2.24, 2.45) is 0 Å². The van der Waals surface area contributed by atoms with Crippen molar-refractivity contribution in [2.75, 3.05) is 18.6 Å². The maximum Gasteiger partial charge on any atom is 0.314 e. The molecule has 0 aromatic rings. The lowest BCUT2D eigenvalue weighted by molar-refractivity contribution is 0.238. The fourth-order valence-corrected chi connectivity index (χ4v) is 1.52. The number of rotatable bonds is 5. The molecule has 0 aromatic carbocycles. The highest BCUT2D eigenvalue weighted by molar-refractivity contribution is 7.90. The van der Waals surface area contributed by atoms with Crippen molar-refractivity contribution in [2.45, 2.75) is 26.3 Å². The van der Waals surface area contributed by atoms with Crippen LogP contribution >= 0.6 is 0 Å². The van der Waals surface area contributed by atoms with E-state index in [4.69, 9.17) is 0 Å². The van der Waals surface area contributed by atoms with Crippen molar-refractivity contribution in [3.8, 4) is 0 Å². The second-order valence-corrected chi connectivity index (χ2v) is 5.80. The maximum absolute atomic E-state index is 11.0. The van der Waals surface area contributed by atoms with Gasteiger partial charge in [0.25, 0.3) is 0 Å². The molecule has 0 bridgehead atoms. The van der Waals surface area contributed by atoms with E-state index in [9.17, 15) is 13.2 Å². The van der Waals surface area contributed by atoms with Gasteiger partial charge in [0.1, 0.15) is 9.84 Å². The summed E-state index contributed by atoms with van der Waals surface area (Å²) in [5.74, 6) is 0.106. The summed E-state index contributed by atoms with van der Waals surface area (Å²) in [6, 6.07) is -0.168. The molecular formula is C8H18N2O3S. The third-order valence-electron chi connectivity index (χ3n) is 1.40. The molecule has 0 aliphatic heterocycles. The predicted octanol–water partition coefficient (Wildman–Crippen LogP) is 0.129. The summed E-state index contributed by atoms with van der Waals surface area (Å²) in [6.07, 6.45) is 1.63. The van der Waals surface area contributed by atoms with Gasteiger partial charge in [0.05, 0.1) is 5.75 Å². The zero-order valence-corrected chi connectivity index (χ0v) is 9.65. The zero-order chi connectivity index (χ0) is 11.2. The van der Waals surface area contributed by atoms with E-state index in [0.717, 1.165) is 0 Å². The Bertz CT molecular complexity index is 272. The van der Waals surface area contributed by atoms with Crippen LogP contribution in [0.5, 0.6) is 0 Å². The molecule has 0 rings (SSSR count). The van der Waals surface area contributed by atoms with Gasteiger partial charge < -0.3 is 10.6 Å². The number of hydrogen-bond acceptors (Lipinski definition) is 3. The molecule has 0 saturated carbocycles. The standard InChI is InChI=1S/C8H18N2O3S/c1-7(2)10-8(11)9-5-4-6-14(3,12)13/h7H,4-6H2,1-3H3,(H2,9,10,11). The van der Waals surface area contributed by atoms with E-state index < -0.39 is 9.84 Å². The Morgan fingerprint density at radius 2 is 1.93 bits per heavy atom. The number of urea groups is 1. The number of hydrogen-bond donors (Lipinski definition) is 2. The summed E-state index contributed by atoms with van der Waals surface area (Å²) < 4.78 is 21.5. The quantitative estimate of drug-likeness (QED) is 0.649. The summed E-state index contributed by atoms with van der Waals surface area (Å²) in [5.41, 5.74) is 0. The van der Waals surface area contributed by atoms with Crippen LogP contribution in [-0.2, 0) is 9.84 Å².